The Kier molecular flexibility index (Phi) is 31.0. The minimum absolute atomic E-state index is 0. The van der Waals surface area contributed by atoms with E-state index < -0.39 is 27.5 Å². The van der Waals surface area contributed by atoms with Gasteiger partial charge >= 0.3 is 0 Å². The first-order valence-electron chi connectivity index (χ1n) is 1.84. The average Bonchev–Trinajstić information content (AvgIpc) is 1.54. The maximum Gasteiger partial charge on any atom is 0.0172 e. The van der Waals surface area contributed by atoms with Gasteiger partial charge in [-0.1, -0.05) is 0 Å². The van der Waals surface area contributed by atoms with Crippen molar-refractivity contribution in [2.45, 2.75) is 0 Å². The van der Waals surface area contributed by atoms with Gasteiger partial charge in [-0.05, 0) is 0 Å². The Morgan fingerprint density at radius 1 is 0.538 bits per heavy atom. The molecule has 0 aliphatic heterocycles. The molecular weight excluding hydrogens is 412 g/mol. The van der Waals surface area contributed by atoms with Crippen LogP contribution in [0.5, 0.6) is 0 Å². The molecule has 0 amide bonds. The Morgan fingerprint density at radius 2 is 0.538 bits per heavy atom. The van der Waals surface area contributed by atoms with Crippen LogP contribution in [0.1, 0.15) is 0 Å². The first-order valence-corrected chi connectivity index (χ1v) is 5.51. The van der Waals surface area contributed by atoms with Crippen molar-refractivity contribution < 1.29 is 63.2 Å². The molecule has 0 aliphatic rings. The third-order valence-corrected chi connectivity index (χ3v) is 0. The second-order valence-corrected chi connectivity index (χ2v) is 2.25. The van der Waals surface area contributed by atoms with Crippen molar-refractivity contribution in [2.75, 3.05) is 0 Å². The van der Waals surface area contributed by atoms with Gasteiger partial charge < -0.3 is 42.2 Å². The molecule has 0 rings (SSSR count). The maximum atomic E-state index is 8.52. The molecule has 0 fully saturated rings. The van der Waals surface area contributed by atoms with E-state index in [1.807, 2.05) is 0 Å². The van der Waals surface area contributed by atoms with Gasteiger partial charge in [-0.2, -0.15) is 0 Å². The molecule has 78 valence electrons. The fourth-order valence-corrected chi connectivity index (χ4v) is 0. The van der Waals surface area contributed by atoms with Crippen molar-refractivity contribution in [2.24, 2.45) is 0 Å². The molecule has 0 saturated heterocycles. The van der Waals surface area contributed by atoms with Crippen LogP contribution in [0.15, 0.2) is 0 Å². The molecule has 0 unspecified atom stereocenters. The third-order valence-electron chi connectivity index (χ3n) is 0. The molecule has 13 heteroatoms. The summed E-state index contributed by atoms with van der Waals surface area (Å²) >= 11 is 0. The van der Waals surface area contributed by atoms with Crippen molar-refractivity contribution in [3.05, 3.63) is 0 Å². The summed E-state index contributed by atoms with van der Waals surface area (Å²) in [6.45, 7) is 0. The molecule has 0 radical (unpaired) electrons. The molecule has 0 heterocycles. The van der Waals surface area contributed by atoms with Crippen LogP contribution >= 0.6 is 0 Å². The van der Waals surface area contributed by atoms with E-state index in [1.165, 1.54) is 0 Å². The van der Waals surface area contributed by atoms with Crippen molar-refractivity contribution in [1.82, 2.24) is 0 Å². The van der Waals surface area contributed by atoms with E-state index >= 15 is 0 Å². The zero-order valence-corrected chi connectivity index (χ0v) is 11.5. The topological polar surface area (TPSA) is 190 Å². The van der Waals surface area contributed by atoms with E-state index in [2.05, 4.69) is 0 Å². The number of rotatable bonds is 0. The van der Waals surface area contributed by atoms with Crippen molar-refractivity contribution in [3.63, 3.8) is 0 Å². The molecule has 0 aromatic rings. The smallest absolute Gasteiger partial charge is 0.0172 e. The summed E-state index contributed by atoms with van der Waals surface area (Å²) in [5.41, 5.74) is 0. The van der Waals surface area contributed by atoms with Crippen LogP contribution in [0.3, 0.4) is 0 Å². The largest absolute Gasteiger partial charge is 0.672 e. The van der Waals surface area contributed by atoms with Crippen molar-refractivity contribution in [1.29, 1.82) is 0 Å². The Balaban J connectivity index is -0.0000000450. The molecule has 0 spiro atoms. The van der Waals surface area contributed by atoms with Crippen molar-refractivity contribution in [3.8, 4) is 0 Å². The zero-order valence-electron chi connectivity index (χ0n) is 5.58. The first-order chi connectivity index (χ1) is 5.20. The Labute approximate surface area is 90.9 Å². The van der Waals surface area contributed by atoms with Crippen molar-refractivity contribution >= 4 is 27.5 Å². The molecule has 0 aliphatic carbocycles. The van der Waals surface area contributed by atoms with Gasteiger partial charge in [-0.3, -0.25) is 0 Å². The van der Waals surface area contributed by atoms with Gasteiger partial charge in [0, 0.05) is 48.6 Å². The second-order valence-electron chi connectivity index (χ2n) is 0.750. The fourth-order valence-electron chi connectivity index (χ4n) is 0. The molecule has 0 bridgehead atoms. The predicted octanol–water partition coefficient (Wildman–Crippen LogP) is -8.64. The van der Waals surface area contributed by atoms with Crippen LogP contribution in [0.2, 0.25) is 0 Å². The molecule has 0 N–H and O–H groups in total. The number of hydrogen-bond acceptors (Lipinski definition) is 9. The van der Waals surface area contributed by atoms with Gasteiger partial charge in [0.25, 0.3) is 0 Å². The quantitative estimate of drug-likeness (QED) is 0.348. The number of hydrogen-bond donors (Lipinski definition) is 0. The van der Waals surface area contributed by atoms with E-state index in [4.69, 9.17) is 42.2 Å². The van der Waals surface area contributed by atoms with Gasteiger partial charge in [0.2, 0.25) is 0 Å². The minimum Gasteiger partial charge on any atom is -0.672 e. The van der Waals surface area contributed by atoms with Gasteiger partial charge in [-0.25, -0.2) is 0 Å². The average molecular weight is 412 g/mol. The first kappa shape index (κ1) is 22.9. The van der Waals surface area contributed by atoms with E-state index in [0.29, 0.717) is 0 Å². The molecule has 0 aromatic heterocycles. The molecule has 9 nitrogen and oxygen atoms in total. The normalized spacial score (nSPS) is 5.54. The summed E-state index contributed by atoms with van der Waals surface area (Å²) in [4.78, 5) is 51.1. The monoisotopic (exact) mass is 412 g/mol. The summed E-state index contributed by atoms with van der Waals surface area (Å²) in [6.07, 6.45) is 0. The standard InChI is InChI=1S/3O3Si.W/c3*1-4(2)3;/q3*-2;. The van der Waals surface area contributed by atoms with E-state index in [9.17, 15) is 0 Å². The Bertz CT molecular complexity index is 112. The van der Waals surface area contributed by atoms with E-state index in [-0.39, 0.29) is 21.1 Å². The summed E-state index contributed by atoms with van der Waals surface area (Å²) in [5, 5.41) is 0. The second kappa shape index (κ2) is 17.6. The minimum atomic E-state index is -3.63. The molecule has 0 aromatic carbocycles. The summed E-state index contributed by atoms with van der Waals surface area (Å²) in [7, 11) is -10.9. The van der Waals surface area contributed by atoms with Gasteiger partial charge in [0.15, 0.2) is 0 Å². The zero-order chi connectivity index (χ0) is 10.7. The Morgan fingerprint density at radius 3 is 0.538 bits per heavy atom. The van der Waals surface area contributed by atoms with Crippen LogP contribution in [-0.2, 0) is 34.5 Å². The van der Waals surface area contributed by atoms with Crippen LogP contribution in [0.25, 0.3) is 0 Å². The summed E-state index contributed by atoms with van der Waals surface area (Å²) in [5.74, 6) is 0. The summed E-state index contributed by atoms with van der Waals surface area (Å²) in [6, 6.07) is 0. The maximum absolute atomic E-state index is 8.52. The SMILES string of the molecule is O=[Si]([O-])[O-].O=[Si]([O-])[O-].O=[Si]([O-])[O-].[W]. The van der Waals surface area contributed by atoms with E-state index in [1.54, 1.807) is 0 Å². The Hall–Kier alpha value is -0.461. The predicted molar refractivity (Wildman–Crippen MR) is 19.3 cm³/mol. The summed E-state index contributed by atoms with van der Waals surface area (Å²) < 4.78 is 25.6. The third kappa shape index (κ3) is 4940. The molecule has 0 saturated carbocycles. The fraction of sp³-hybridized carbons (Fsp3) is 0. The van der Waals surface area contributed by atoms with Crippen LogP contribution < -0.4 is 28.8 Å². The van der Waals surface area contributed by atoms with Crippen LogP contribution in [-0.4, -0.2) is 27.5 Å². The molecule has 0 atom stereocenters. The molecular formula is O9Si3W-6. The van der Waals surface area contributed by atoms with Crippen LogP contribution in [0, 0.1) is 0 Å². The van der Waals surface area contributed by atoms with E-state index in [0.717, 1.165) is 0 Å². The van der Waals surface area contributed by atoms with Gasteiger partial charge in [-0.15, -0.1) is 0 Å². The van der Waals surface area contributed by atoms with Gasteiger partial charge in [0.1, 0.15) is 0 Å². The van der Waals surface area contributed by atoms with Crippen LogP contribution in [0.4, 0.5) is 0 Å². The van der Waals surface area contributed by atoms with Gasteiger partial charge in [0.05, 0.1) is 0 Å². The molecule has 13 heavy (non-hydrogen) atoms.